The van der Waals surface area contributed by atoms with Crippen LogP contribution in [0.25, 0.3) is 11.0 Å². The molecule has 2 aromatic rings. The topological polar surface area (TPSA) is 67.9 Å². The van der Waals surface area contributed by atoms with Gasteiger partial charge in [0.2, 0.25) is 0 Å². The summed E-state index contributed by atoms with van der Waals surface area (Å²) in [5, 5.41) is 9.12. The van der Waals surface area contributed by atoms with Crippen LogP contribution >= 0.6 is 11.6 Å². The number of alkyl halides is 1. The van der Waals surface area contributed by atoms with Crippen LogP contribution in [-0.4, -0.2) is 28.5 Å². The van der Waals surface area contributed by atoms with E-state index in [0.717, 1.165) is 11.3 Å². The summed E-state index contributed by atoms with van der Waals surface area (Å²) in [5.41, 5.74) is 2.02. The predicted molar refractivity (Wildman–Crippen MR) is 75.5 cm³/mol. The van der Waals surface area contributed by atoms with Gasteiger partial charge in [0.1, 0.15) is 17.4 Å². The van der Waals surface area contributed by atoms with E-state index < -0.39 is 0 Å². The van der Waals surface area contributed by atoms with Crippen LogP contribution in [-0.2, 0) is 22.5 Å². The van der Waals surface area contributed by atoms with E-state index in [1.54, 1.807) is 6.07 Å². The lowest BCUT2D eigenvalue weighted by molar-refractivity contribution is -0.140. The monoisotopic (exact) mass is 291 g/mol. The number of aryl methyl sites for hydroxylation is 2. The summed E-state index contributed by atoms with van der Waals surface area (Å²) in [7, 11) is 1.36. The van der Waals surface area contributed by atoms with Gasteiger partial charge in [0.05, 0.1) is 24.6 Å². The van der Waals surface area contributed by atoms with Gasteiger partial charge in [-0.15, -0.1) is 11.6 Å². The van der Waals surface area contributed by atoms with E-state index in [4.69, 9.17) is 16.9 Å². The third kappa shape index (κ3) is 2.75. The Balaban J connectivity index is 2.46. The van der Waals surface area contributed by atoms with E-state index in [2.05, 4.69) is 15.8 Å². The van der Waals surface area contributed by atoms with E-state index in [1.165, 1.54) is 7.11 Å². The number of carbonyl (C=O) groups excluding carboxylic acids is 1. The normalized spacial score (nSPS) is 10.4. The maximum absolute atomic E-state index is 11.3. The lowest BCUT2D eigenvalue weighted by atomic mass is 10.2. The molecule has 0 saturated heterocycles. The second-order valence-electron chi connectivity index (χ2n) is 4.23. The molecular weight excluding hydrogens is 278 g/mol. The number of rotatable bonds is 5. The van der Waals surface area contributed by atoms with Gasteiger partial charge >= 0.3 is 5.97 Å². The molecule has 0 aliphatic heterocycles. The first-order chi connectivity index (χ1) is 9.71. The Morgan fingerprint density at radius 1 is 1.55 bits per heavy atom. The number of para-hydroxylation sites is 1. The number of fused-ring (bicyclic) bond motifs is 1. The molecule has 0 N–H and O–H groups in total. The summed E-state index contributed by atoms with van der Waals surface area (Å²) in [6.07, 6.45) is 0.844. The first kappa shape index (κ1) is 14.4. The van der Waals surface area contributed by atoms with Crippen LogP contribution in [0.5, 0.6) is 0 Å². The van der Waals surface area contributed by atoms with Gasteiger partial charge in [-0.05, 0) is 12.1 Å². The van der Waals surface area contributed by atoms with E-state index in [1.807, 2.05) is 16.7 Å². The number of carbonyl (C=O) groups is 1. The zero-order chi connectivity index (χ0) is 14.5. The first-order valence-corrected chi connectivity index (χ1v) is 6.75. The average Bonchev–Trinajstić information content (AvgIpc) is 2.82. The molecule has 1 aromatic heterocycles. The average molecular weight is 292 g/mol. The summed E-state index contributed by atoms with van der Waals surface area (Å²) in [6, 6.07) is 7.55. The molecule has 0 spiro atoms. The maximum atomic E-state index is 11.3. The molecule has 0 aliphatic carbocycles. The zero-order valence-corrected chi connectivity index (χ0v) is 11.9. The number of hydrogen-bond acceptors (Lipinski definition) is 4. The number of aromatic nitrogens is 2. The smallest absolute Gasteiger partial charge is 0.307 e. The molecule has 0 bridgehead atoms. The number of hydrogen-bond donors (Lipinski definition) is 0. The molecule has 6 heteroatoms. The van der Waals surface area contributed by atoms with Gasteiger partial charge in [-0.3, -0.25) is 4.79 Å². The molecule has 0 saturated carbocycles. The number of halogens is 1. The fourth-order valence-electron chi connectivity index (χ4n) is 2.12. The van der Waals surface area contributed by atoms with Crippen molar-refractivity contribution in [3.8, 4) is 6.07 Å². The minimum absolute atomic E-state index is 0.258. The van der Waals surface area contributed by atoms with Crippen molar-refractivity contribution in [2.45, 2.75) is 19.4 Å². The Hall–Kier alpha value is -2.06. The van der Waals surface area contributed by atoms with Crippen LogP contribution < -0.4 is 0 Å². The molecule has 5 nitrogen and oxygen atoms in total. The van der Waals surface area contributed by atoms with Crippen molar-refractivity contribution in [2.75, 3.05) is 13.0 Å². The van der Waals surface area contributed by atoms with Crippen molar-refractivity contribution < 1.29 is 9.53 Å². The number of esters is 1. The van der Waals surface area contributed by atoms with Crippen molar-refractivity contribution in [1.29, 1.82) is 5.26 Å². The summed E-state index contributed by atoms with van der Waals surface area (Å²) in [5.74, 6) is 0.936. The quantitative estimate of drug-likeness (QED) is 0.626. The highest BCUT2D eigenvalue weighted by atomic mass is 35.5. The van der Waals surface area contributed by atoms with Crippen LogP contribution in [0.2, 0.25) is 0 Å². The molecule has 1 heterocycles. The van der Waals surface area contributed by atoms with Crippen molar-refractivity contribution in [3.05, 3.63) is 29.6 Å². The van der Waals surface area contributed by atoms with Crippen LogP contribution in [0.15, 0.2) is 18.2 Å². The third-order valence-corrected chi connectivity index (χ3v) is 3.25. The van der Waals surface area contributed by atoms with Gasteiger partial charge in [-0.25, -0.2) is 4.98 Å². The molecule has 0 fully saturated rings. The first-order valence-electron chi connectivity index (χ1n) is 6.22. The van der Waals surface area contributed by atoms with Crippen LogP contribution in [0.4, 0.5) is 0 Å². The van der Waals surface area contributed by atoms with Gasteiger partial charge in [0.15, 0.2) is 0 Å². The van der Waals surface area contributed by atoms with Crippen molar-refractivity contribution >= 4 is 28.6 Å². The van der Waals surface area contributed by atoms with E-state index >= 15 is 0 Å². The van der Waals surface area contributed by atoms with Crippen molar-refractivity contribution in [2.24, 2.45) is 0 Å². The fraction of sp³-hybridized carbons (Fsp3) is 0.357. The molecule has 0 radical (unpaired) electrons. The Morgan fingerprint density at radius 2 is 2.35 bits per heavy atom. The number of methoxy groups -OCH3 is 1. The van der Waals surface area contributed by atoms with Gasteiger partial charge in [-0.1, -0.05) is 6.07 Å². The van der Waals surface area contributed by atoms with Crippen LogP contribution in [0.1, 0.15) is 17.8 Å². The van der Waals surface area contributed by atoms with Crippen molar-refractivity contribution in [3.63, 3.8) is 0 Å². The van der Waals surface area contributed by atoms with Crippen molar-refractivity contribution in [1.82, 2.24) is 9.55 Å². The number of ether oxygens (including phenoxy) is 1. The zero-order valence-electron chi connectivity index (χ0n) is 11.1. The minimum atomic E-state index is -0.278. The Labute approximate surface area is 121 Å². The Kier molecular flexibility index (Phi) is 4.59. The molecule has 0 aliphatic rings. The largest absolute Gasteiger partial charge is 0.469 e. The lowest BCUT2D eigenvalue weighted by Gasteiger charge is -2.07. The summed E-state index contributed by atoms with van der Waals surface area (Å²) >= 11 is 5.79. The standard InChI is InChI=1S/C14H14ClN3O2/c1-20-13(19)6-8-18-11-4-2-3-10(9-16)14(11)17-12(18)5-7-15/h2-4H,5-8H2,1H3. The molecule has 0 atom stereocenters. The fourth-order valence-corrected chi connectivity index (χ4v) is 2.28. The highest BCUT2D eigenvalue weighted by Crippen LogP contribution is 2.21. The van der Waals surface area contributed by atoms with Gasteiger partial charge < -0.3 is 9.30 Å². The minimum Gasteiger partial charge on any atom is -0.469 e. The molecule has 104 valence electrons. The number of nitriles is 1. The summed E-state index contributed by atoms with van der Waals surface area (Å²) < 4.78 is 6.58. The molecular formula is C14H14ClN3O2. The van der Waals surface area contributed by atoms with Gasteiger partial charge in [0.25, 0.3) is 0 Å². The lowest BCUT2D eigenvalue weighted by Crippen LogP contribution is -2.10. The SMILES string of the molecule is COC(=O)CCn1c(CCCl)nc2c(C#N)cccc21. The highest BCUT2D eigenvalue weighted by Gasteiger charge is 2.14. The Morgan fingerprint density at radius 3 is 3.00 bits per heavy atom. The van der Waals surface area contributed by atoms with Crippen LogP contribution in [0, 0.1) is 11.3 Å². The number of nitrogens with zero attached hydrogens (tertiary/aromatic N) is 3. The maximum Gasteiger partial charge on any atom is 0.307 e. The second kappa shape index (κ2) is 6.40. The molecule has 2 rings (SSSR count). The third-order valence-electron chi connectivity index (χ3n) is 3.06. The molecule has 0 amide bonds. The molecule has 0 unspecified atom stereocenters. The summed E-state index contributed by atoms with van der Waals surface area (Å²) in [6.45, 7) is 0.463. The highest BCUT2D eigenvalue weighted by molar-refractivity contribution is 6.17. The van der Waals surface area contributed by atoms with Gasteiger partial charge in [-0.2, -0.15) is 5.26 Å². The predicted octanol–water partition coefficient (Wildman–Crippen LogP) is 2.25. The Bertz CT molecular complexity index is 673. The molecule has 1 aromatic carbocycles. The number of imidazole rings is 1. The van der Waals surface area contributed by atoms with Crippen LogP contribution in [0.3, 0.4) is 0 Å². The summed E-state index contributed by atoms with van der Waals surface area (Å²) in [4.78, 5) is 15.8. The second-order valence-corrected chi connectivity index (χ2v) is 4.61. The van der Waals surface area contributed by atoms with E-state index in [-0.39, 0.29) is 12.4 Å². The van der Waals surface area contributed by atoms with E-state index in [9.17, 15) is 4.79 Å². The number of benzene rings is 1. The molecule has 20 heavy (non-hydrogen) atoms. The van der Waals surface area contributed by atoms with Gasteiger partial charge in [0, 0.05) is 18.8 Å². The van der Waals surface area contributed by atoms with E-state index in [0.29, 0.717) is 29.9 Å².